The molecule has 9 heteroatoms. The topological polar surface area (TPSA) is 114 Å². The molecule has 1 spiro atoms. The fraction of sp³-hybridized carbons (Fsp3) is 0.261. The first-order valence-electron chi connectivity index (χ1n) is 10.4. The summed E-state index contributed by atoms with van der Waals surface area (Å²) in [5.41, 5.74) is 1.06. The molecule has 0 saturated heterocycles. The highest BCUT2D eigenvalue weighted by Gasteiger charge is 2.52. The van der Waals surface area contributed by atoms with Gasteiger partial charge in [0.15, 0.2) is 11.5 Å². The molecule has 1 aromatic carbocycles. The molecule has 8 nitrogen and oxygen atoms in total. The van der Waals surface area contributed by atoms with E-state index in [-0.39, 0.29) is 11.8 Å². The van der Waals surface area contributed by atoms with Crippen molar-refractivity contribution < 1.29 is 19.0 Å². The zero-order valence-corrected chi connectivity index (χ0v) is 16.9. The number of carbonyl (C=O) groups is 1. The Bertz CT molecular complexity index is 1360. The Morgan fingerprint density at radius 2 is 1.81 bits per heavy atom. The Morgan fingerprint density at radius 3 is 2.59 bits per heavy atom. The van der Waals surface area contributed by atoms with Crippen molar-refractivity contribution >= 4 is 17.1 Å². The Kier molecular flexibility index (Phi) is 3.94. The van der Waals surface area contributed by atoms with Crippen LogP contribution in [0.5, 0.6) is 0 Å². The van der Waals surface area contributed by atoms with Gasteiger partial charge in [-0.05, 0) is 56.0 Å². The number of imidazole rings is 1. The molecule has 0 radical (unpaired) electrons. The van der Waals surface area contributed by atoms with E-state index in [9.17, 15) is 14.3 Å². The smallest absolute Gasteiger partial charge is 0.339 e. The third kappa shape index (κ3) is 2.81. The molecule has 0 atom stereocenters. The highest BCUT2D eigenvalue weighted by molar-refractivity contribution is 5.94. The third-order valence-electron chi connectivity index (χ3n) is 6.49. The van der Waals surface area contributed by atoms with Crippen LogP contribution in [0.4, 0.5) is 4.39 Å². The molecule has 0 amide bonds. The molecule has 0 unspecified atom stereocenters. The van der Waals surface area contributed by atoms with Crippen molar-refractivity contribution in [2.75, 3.05) is 0 Å². The number of carbonyl (C=O) groups excluding carboxylic acids is 1. The lowest BCUT2D eigenvalue weighted by molar-refractivity contribution is -0.0936. The molecule has 3 aromatic heterocycles. The molecule has 160 valence electrons. The zero-order chi connectivity index (χ0) is 21.9. The van der Waals surface area contributed by atoms with Gasteiger partial charge in [0, 0.05) is 23.5 Å². The Balaban J connectivity index is 1.29. The van der Waals surface area contributed by atoms with Crippen molar-refractivity contribution in [3.8, 4) is 11.4 Å². The highest BCUT2D eigenvalue weighted by atomic mass is 19.1. The van der Waals surface area contributed by atoms with E-state index in [4.69, 9.17) is 4.74 Å². The fourth-order valence-corrected chi connectivity index (χ4v) is 4.67. The molecule has 1 saturated carbocycles. The molecule has 4 heterocycles. The van der Waals surface area contributed by atoms with E-state index in [1.807, 2.05) is 0 Å². The van der Waals surface area contributed by atoms with Gasteiger partial charge in [0.05, 0.1) is 11.8 Å². The van der Waals surface area contributed by atoms with Gasteiger partial charge in [-0.3, -0.25) is 4.98 Å². The fourth-order valence-electron chi connectivity index (χ4n) is 4.67. The SMILES string of the molecule is O=C1OC2(CCC(O)(c3nc4cnc(-c5ccc(F)cc5)nc4[nH]3)CC2)c2cnccc21. The summed E-state index contributed by atoms with van der Waals surface area (Å²) < 4.78 is 19.0. The molecule has 6 rings (SSSR count). The van der Waals surface area contributed by atoms with Crippen LogP contribution in [-0.4, -0.2) is 36.0 Å². The lowest BCUT2D eigenvalue weighted by Crippen LogP contribution is -2.40. The van der Waals surface area contributed by atoms with Gasteiger partial charge in [0.25, 0.3) is 0 Å². The molecule has 1 aliphatic carbocycles. The minimum absolute atomic E-state index is 0.331. The van der Waals surface area contributed by atoms with Crippen molar-refractivity contribution in [3.05, 3.63) is 71.7 Å². The van der Waals surface area contributed by atoms with Crippen LogP contribution in [0.2, 0.25) is 0 Å². The minimum Gasteiger partial charge on any atom is -0.450 e. The van der Waals surface area contributed by atoms with Gasteiger partial charge in [-0.2, -0.15) is 0 Å². The van der Waals surface area contributed by atoms with Gasteiger partial charge in [-0.25, -0.2) is 24.1 Å². The van der Waals surface area contributed by atoms with E-state index in [2.05, 4.69) is 24.9 Å². The van der Waals surface area contributed by atoms with Crippen molar-refractivity contribution in [3.63, 3.8) is 0 Å². The van der Waals surface area contributed by atoms with Crippen LogP contribution in [0.3, 0.4) is 0 Å². The number of rotatable bonds is 2. The van der Waals surface area contributed by atoms with E-state index in [0.717, 1.165) is 5.56 Å². The maximum Gasteiger partial charge on any atom is 0.339 e. The number of nitrogens with zero attached hydrogens (tertiary/aromatic N) is 4. The van der Waals surface area contributed by atoms with Crippen LogP contribution in [0, 0.1) is 5.82 Å². The summed E-state index contributed by atoms with van der Waals surface area (Å²) in [5.74, 6) is 0.162. The van der Waals surface area contributed by atoms with Crippen molar-refractivity contribution in [1.82, 2.24) is 24.9 Å². The molecule has 1 aliphatic heterocycles. The summed E-state index contributed by atoms with van der Waals surface area (Å²) in [7, 11) is 0. The average Bonchev–Trinajstić information content (AvgIpc) is 3.36. The van der Waals surface area contributed by atoms with Crippen molar-refractivity contribution in [1.29, 1.82) is 0 Å². The lowest BCUT2D eigenvalue weighted by Gasteiger charge is -2.40. The van der Waals surface area contributed by atoms with Gasteiger partial charge in [-0.1, -0.05) is 0 Å². The average molecular weight is 431 g/mol. The maximum absolute atomic E-state index is 13.2. The molecule has 1 fully saturated rings. The quantitative estimate of drug-likeness (QED) is 0.468. The molecular weight excluding hydrogens is 413 g/mol. The maximum atomic E-state index is 13.2. The number of H-pyrrole nitrogens is 1. The number of esters is 1. The number of nitrogens with one attached hydrogen (secondary N) is 1. The number of pyridine rings is 1. The van der Waals surface area contributed by atoms with Crippen LogP contribution in [0.25, 0.3) is 22.6 Å². The number of hydrogen-bond acceptors (Lipinski definition) is 7. The summed E-state index contributed by atoms with van der Waals surface area (Å²) >= 11 is 0. The summed E-state index contributed by atoms with van der Waals surface area (Å²) in [4.78, 5) is 32.9. The van der Waals surface area contributed by atoms with Crippen LogP contribution in [0.1, 0.15) is 47.4 Å². The number of halogens is 1. The number of hydrogen-bond donors (Lipinski definition) is 2. The molecule has 4 aromatic rings. The van der Waals surface area contributed by atoms with Gasteiger partial charge in [-0.15, -0.1) is 0 Å². The van der Waals surface area contributed by atoms with Crippen molar-refractivity contribution in [2.24, 2.45) is 0 Å². The molecule has 2 aliphatic rings. The molecular formula is C23H18FN5O3. The van der Waals surface area contributed by atoms with E-state index in [0.29, 0.717) is 59.6 Å². The van der Waals surface area contributed by atoms with Crippen LogP contribution in [-0.2, 0) is 15.9 Å². The number of aromatic amines is 1. The van der Waals surface area contributed by atoms with Crippen LogP contribution >= 0.6 is 0 Å². The number of ether oxygens (including phenoxy) is 1. The van der Waals surface area contributed by atoms with E-state index in [1.165, 1.54) is 12.1 Å². The van der Waals surface area contributed by atoms with E-state index < -0.39 is 11.2 Å². The van der Waals surface area contributed by atoms with Gasteiger partial charge in [0.2, 0.25) is 0 Å². The number of aromatic nitrogens is 5. The van der Waals surface area contributed by atoms with Crippen LogP contribution in [0.15, 0.2) is 48.9 Å². The van der Waals surface area contributed by atoms with Gasteiger partial charge < -0.3 is 14.8 Å². The number of aliphatic hydroxyl groups is 1. The summed E-state index contributed by atoms with van der Waals surface area (Å²) in [5, 5.41) is 11.4. The minimum atomic E-state index is -1.21. The Labute approximate surface area is 181 Å². The second-order valence-electron chi connectivity index (χ2n) is 8.36. The van der Waals surface area contributed by atoms with Crippen molar-refractivity contribution in [2.45, 2.75) is 36.9 Å². The highest BCUT2D eigenvalue weighted by Crippen LogP contribution is 2.51. The summed E-state index contributed by atoms with van der Waals surface area (Å²) in [6.45, 7) is 0. The van der Waals surface area contributed by atoms with E-state index in [1.54, 1.807) is 36.8 Å². The van der Waals surface area contributed by atoms with Crippen LogP contribution < -0.4 is 0 Å². The van der Waals surface area contributed by atoms with Gasteiger partial charge in [0.1, 0.15) is 28.4 Å². The zero-order valence-electron chi connectivity index (χ0n) is 16.9. The number of fused-ring (bicyclic) bond motifs is 3. The summed E-state index contributed by atoms with van der Waals surface area (Å²) in [6, 6.07) is 7.59. The number of benzene rings is 1. The first-order chi connectivity index (χ1) is 15.5. The normalized spacial score (nSPS) is 24.6. The third-order valence-corrected chi connectivity index (χ3v) is 6.49. The predicted molar refractivity (Wildman–Crippen MR) is 111 cm³/mol. The standard InChI is InChI=1S/C23H18FN5O3/c24-14-3-1-13(2-4-14)18-26-12-17-19(28-18)29-21(27-17)22(31)6-8-23(9-7-22)16-11-25-10-5-15(16)20(30)32-23/h1-5,10-12,31H,6-9H2,(H,26,27,28,29). The Hall–Kier alpha value is -3.72. The molecule has 32 heavy (non-hydrogen) atoms. The Morgan fingerprint density at radius 1 is 1.03 bits per heavy atom. The van der Waals surface area contributed by atoms with E-state index >= 15 is 0 Å². The lowest BCUT2D eigenvalue weighted by atomic mass is 9.73. The monoisotopic (exact) mass is 431 g/mol. The largest absolute Gasteiger partial charge is 0.450 e. The first kappa shape index (κ1) is 19.0. The predicted octanol–water partition coefficient (Wildman–Crippen LogP) is 3.38. The first-order valence-corrected chi connectivity index (χ1v) is 10.4. The van der Waals surface area contributed by atoms with Gasteiger partial charge >= 0.3 is 5.97 Å². The molecule has 0 bridgehead atoms. The summed E-state index contributed by atoms with van der Waals surface area (Å²) in [6.07, 6.45) is 6.45. The second kappa shape index (κ2) is 6.64. The molecule has 2 N–H and O–H groups in total. The second-order valence-corrected chi connectivity index (χ2v) is 8.36.